The number of rotatable bonds is 9. The third-order valence-corrected chi connectivity index (χ3v) is 6.54. The van der Waals surface area contributed by atoms with Gasteiger partial charge in [-0.15, -0.1) is 24.0 Å². The first kappa shape index (κ1) is 27.2. The molecule has 0 aliphatic carbocycles. The quantitative estimate of drug-likeness (QED) is 0.217. The molecule has 3 rings (SSSR count). The Labute approximate surface area is 212 Å². The summed E-state index contributed by atoms with van der Waals surface area (Å²) in [5.74, 6) is 1.86. The standard InChI is InChI=1S/C25H43N5O.HI/c1-4-26-25(28(3)14-9-23-10-19-31-20-11-23)27-12-6-13-29-15-17-30(18-16-29)24-8-5-7-22(2)21-24;/h5,7-8,21,23H,4,6,9-20H2,1-3H3,(H,26,27);1H. The number of halogens is 1. The van der Waals surface area contributed by atoms with Crippen molar-refractivity contribution in [1.82, 2.24) is 15.1 Å². The van der Waals surface area contributed by atoms with E-state index in [2.05, 4.69) is 65.2 Å². The van der Waals surface area contributed by atoms with E-state index in [0.717, 1.165) is 83.9 Å². The number of hydrogen-bond donors (Lipinski definition) is 1. The van der Waals surface area contributed by atoms with Crippen molar-refractivity contribution < 1.29 is 4.74 Å². The zero-order valence-corrected chi connectivity index (χ0v) is 22.7. The second-order valence-electron chi connectivity index (χ2n) is 9.02. The third kappa shape index (κ3) is 9.06. The van der Waals surface area contributed by atoms with E-state index in [1.54, 1.807) is 0 Å². The van der Waals surface area contributed by atoms with Gasteiger partial charge in [-0.2, -0.15) is 0 Å². The number of hydrogen-bond acceptors (Lipinski definition) is 4. The van der Waals surface area contributed by atoms with E-state index < -0.39 is 0 Å². The van der Waals surface area contributed by atoms with Crippen LogP contribution in [0.4, 0.5) is 5.69 Å². The molecule has 0 bridgehead atoms. The molecule has 6 nitrogen and oxygen atoms in total. The molecule has 1 N–H and O–H groups in total. The van der Waals surface area contributed by atoms with Gasteiger partial charge in [0.25, 0.3) is 0 Å². The molecule has 2 aliphatic rings. The lowest BCUT2D eigenvalue weighted by Crippen LogP contribution is -2.46. The minimum Gasteiger partial charge on any atom is -0.381 e. The molecule has 1 aromatic rings. The van der Waals surface area contributed by atoms with Crippen LogP contribution in [0.2, 0.25) is 0 Å². The second kappa shape index (κ2) is 15.0. The van der Waals surface area contributed by atoms with Crippen LogP contribution in [0.5, 0.6) is 0 Å². The van der Waals surface area contributed by atoms with E-state index in [0.29, 0.717) is 0 Å². The number of nitrogens with one attached hydrogen (secondary N) is 1. The lowest BCUT2D eigenvalue weighted by atomic mass is 9.96. The van der Waals surface area contributed by atoms with Crippen molar-refractivity contribution in [3.63, 3.8) is 0 Å². The summed E-state index contributed by atoms with van der Waals surface area (Å²) in [6.45, 7) is 14.7. The van der Waals surface area contributed by atoms with Crippen LogP contribution in [0.3, 0.4) is 0 Å². The summed E-state index contributed by atoms with van der Waals surface area (Å²) in [6, 6.07) is 8.87. The van der Waals surface area contributed by atoms with E-state index in [9.17, 15) is 0 Å². The summed E-state index contributed by atoms with van der Waals surface area (Å²) in [5, 5.41) is 3.47. The van der Waals surface area contributed by atoms with Crippen LogP contribution in [-0.2, 0) is 4.74 Å². The Hall–Kier alpha value is -1.06. The maximum absolute atomic E-state index is 5.48. The van der Waals surface area contributed by atoms with Crippen molar-refractivity contribution in [2.24, 2.45) is 10.9 Å². The summed E-state index contributed by atoms with van der Waals surface area (Å²) in [4.78, 5) is 12.3. The van der Waals surface area contributed by atoms with E-state index in [1.165, 1.54) is 30.5 Å². The minimum atomic E-state index is 0. The number of anilines is 1. The van der Waals surface area contributed by atoms with E-state index in [4.69, 9.17) is 9.73 Å². The van der Waals surface area contributed by atoms with Gasteiger partial charge in [0, 0.05) is 78.3 Å². The fourth-order valence-electron chi connectivity index (χ4n) is 4.52. The van der Waals surface area contributed by atoms with Gasteiger partial charge in [0.15, 0.2) is 5.96 Å². The van der Waals surface area contributed by atoms with Gasteiger partial charge in [0.1, 0.15) is 0 Å². The molecule has 1 aromatic carbocycles. The van der Waals surface area contributed by atoms with Crippen molar-refractivity contribution in [3.8, 4) is 0 Å². The van der Waals surface area contributed by atoms with Crippen LogP contribution in [0.15, 0.2) is 29.3 Å². The smallest absolute Gasteiger partial charge is 0.193 e. The first-order valence-electron chi connectivity index (χ1n) is 12.3. The largest absolute Gasteiger partial charge is 0.381 e. The number of piperazine rings is 1. The highest BCUT2D eigenvalue weighted by atomic mass is 127. The number of benzene rings is 1. The number of aryl methyl sites for hydroxylation is 1. The average Bonchev–Trinajstić information content (AvgIpc) is 2.80. The molecule has 0 unspecified atom stereocenters. The lowest BCUT2D eigenvalue weighted by molar-refractivity contribution is 0.0625. The molecule has 32 heavy (non-hydrogen) atoms. The maximum Gasteiger partial charge on any atom is 0.193 e. The fraction of sp³-hybridized carbons (Fsp3) is 0.720. The van der Waals surface area contributed by atoms with Gasteiger partial charge >= 0.3 is 0 Å². The molecule has 0 atom stereocenters. The average molecular weight is 558 g/mol. The van der Waals surface area contributed by atoms with Gasteiger partial charge in [-0.05, 0) is 63.1 Å². The van der Waals surface area contributed by atoms with Crippen LogP contribution in [0.25, 0.3) is 0 Å². The third-order valence-electron chi connectivity index (χ3n) is 6.54. The van der Waals surface area contributed by atoms with Crippen molar-refractivity contribution in [2.75, 3.05) is 77.5 Å². The highest BCUT2D eigenvalue weighted by Gasteiger charge is 2.17. The Kier molecular flexibility index (Phi) is 12.7. The molecule has 0 radical (unpaired) electrons. The van der Waals surface area contributed by atoms with Gasteiger partial charge in [-0.1, -0.05) is 12.1 Å². The maximum atomic E-state index is 5.48. The van der Waals surface area contributed by atoms with Crippen molar-refractivity contribution in [1.29, 1.82) is 0 Å². The van der Waals surface area contributed by atoms with Gasteiger partial charge in [-0.3, -0.25) is 9.89 Å². The first-order chi connectivity index (χ1) is 15.2. The Morgan fingerprint density at radius 2 is 1.94 bits per heavy atom. The molecular weight excluding hydrogens is 513 g/mol. The predicted octanol–water partition coefficient (Wildman–Crippen LogP) is 3.84. The summed E-state index contributed by atoms with van der Waals surface area (Å²) in [5.41, 5.74) is 2.70. The molecular formula is C25H44IN5O. The SMILES string of the molecule is CCNC(=NCCCN1CCN(c2cccc(C)c2)CC1)N(C)CCC1CCOCC1.I. The van der Waals surface area contributed by atoms with Gasteiger partial charge < -0.3 is 19.9 Å². The van der Waals surface area contributed by atoms with Gasteiger partial charge in [-0.25, -0.2) is 0 Å². The molecule has 2 aliphatic heterocycles. The Balaban J connectivity index is 0.00000363. The molecule has 0 saturated carbocycles. The molecule has 0 aromatic heterocycles. The molecule has 0 amide bonds. The second-order valence-corrected chi connectivity index (χ2v) is 9.02. The number of aliphatic imine (C=N–C) groups is 1. The Bertz CT molecular complexity index is 672. The van der Waals surface area contributed by atoms with Crippen molar-refractivity contribution in [3.05, 3.63) is 29.8 Å². The molecule has 2 heterocycles. The summed E-state index contributed by atoms with van der Waals surface area (Å²) in [6.07, 6.45) is 4.76. The van der Waals surface area contributed by atoms with E-state index in [1.807, 2.05) is 0 Å². The summed E-state index contributed by atoms with van der Waals surface area (Å²) in [7, 11) is 2.17. The number of guanidine groups is 1. The minimum absolute atomic E-state index is 0. The molecule has 0 spiro atoms. The number of nitrogens with zero attached hydrogens (tertiary/aromatic N) is 4. The van der Waals surface area contributed by atoms with Crippen LogP contribution >= 0.6 is 24.0 Å². The molecule has 182 valence electrons. The molecule has 2 saturated heterocycles. The normalized spacial score (nSPS) is 18.3. The lowest BCUT2D eigenvalue weighted by Gasteiger charge is -2.36. The highest BCUT2D eigenvalue weighted by Crippen LogP contribution is 2.19. The fourth-order valence-corrected chi connectivity index (χ4v) is 4.52. The Morgan fingerprint density at radius 3 is 2.62 bits per heavy atom. The Morgan fingerprint density at radius 1 is 1.19 bits per heavy atom. The first-order valence-corrected chi connectivity index (χ1v) is 12.3. The topological polar surface area (TPSA) is 43.3 Å². The summed E-state index contributed by atoms with van der Waals surface area (Å²) < 4.78 is 5.48. The van der Waals surface area contributed by atoms with Crippen LogP contribution in [0.1, 0.15) is 38.2 Å². The van der Waals surface area contributed by atoms with Crippen molar-refractivity contribution in [2.45, 2.75) is 39.5 Å². The van der Waals surface area contributed by atoms with Crippen LogP contribution in [-0.4, -0.2) is 88.4 Å². The monoisotopic (exact) mass is 557 g/mol. The zero-order valence-electron chi connectivity index (χ0n) is 20.4. The molecule has 7 heteroatoms. The highest BCUT2D eigenvalue weighted by molar-refractivity contribution is 14.0. The van der Waals surface area contributed by atoms with Gasteiger partial charge in [0.2, 0.25) is 0 Å². The number of ether oxygens (including phenoxy) is 1. The van der Waals surface area contributed by atoms with E-state index >= 15 is 0 Å². The van der Waals surface area contributed by atoms with E-state index in [-0.39, 0.29) is 24.0 Å². The van der Waals surface area contributed by atoms with Crippen LogP contribution < -0.4 is 10.2 Å². The zero-order chi connectivity index (χ0) is 21.9. The summed E-state index contributed by atoms with van der Waals surface area (Å²) >= 11 is 0. The predicted molar refractivity (Wildman–Crippen MR) is 147 cm³/mol. The van der Waals surface area contributed by atoms with Crippen molar-refractivity contribution >= 4 is 35.6 Å². The van der Waals surface area contributed by atoms with Crippen LogP contribution in [0, 0.1) is 12.8 Å². The van der Waals surface area contributed by atoms with Gasteiger partial charge in [0.05, 0.1) is 0 Å². The molecule has 2 fully saturated rings.